The molecule has 6 aromatic rings. The number of para-hydroxylation sites is 2. The van der Waals surface area contributed by atoms with E-state index in [2.05, 4.69) is 57.4 Å². The van der Waals surface area contributed by atoms with Gasteiger partial charge in [-0.2, -0.15) is 4.39 Å². The van der Waals surface area contributed by atoms with Gasteiger partial charge in [-0.1, -0.05) is 66.7 Å². The van der Waals surface area contributed by atoms with E-state index in [1.54, 1.807) is 12.1 Å². The number of rotatable bonds is 2. The van der Waals surface area contributed by atoms with Gasteiger partial charge in [0.15, 0.2) is 0 Å². The van der Waals surface area contributed by atoms with Gasteiger partial charge in [-0.15, -0.1) is 46.9 Å². The first kappa shape index (κ1) is 22.4. The van der Waals surface area contributed by atoms with E-state index < -0.39 is 5.95 Å². The van der Waals surface area contributed by atoms with E-state index in [4.69, 9.17) is 0 Å². The average molecular weight is 474 g/mol. The van der Waals surface area contributed by atoms with Crippen LogP contribution in [0, 0.1) is 12.0 Å². The van der Waals surface area contributed by atoms with Gasteiger partial charge in [-0.3, -0.25) is 4.98 Å². The monoisotopic (exact) mass is 473 g/mol. The second-order valence-electron chi connectivity index (χ2n) is 7.18. The second-order valence-corrected chi connectivity index (χ2v) is 7.18. The van der Waals surface area contributed by atoms with Gasteiger partial charge in [0.2, 0.25) is 5.95 Å². The molecular weight excluding hydrogens is 456 g/mol. The molecule has 5 heteroatoms. The van der Waals surface area contributed by atoms with Crippen LogP contribution in [0.15, 0.2) is 109 Å². The van der Waals surface area contributed by atoms with Crippen LogP contribution < -0.4 is 4.98 Å². The predicted molar refractivity (Wildman–Crippen MR) is 126 cm³/mol. The maximum Gasteiger partial charge on any atom is 2.00 e. The van der Waals surface area contributed by atoms with Crippen LogP contribution in [-0.2, 0) is 16.5 Å². The Labute approximate surface area is 201 Å². The van der Waals surface area contributed by atoms with Gasteiger partial charge in [0, 0.05) is 0 Å². The fourth-order valence-electron chi connectivity index (χ4n) is 3.56. The molecule has 0 N–H and O–H groups in total. The minimum atomic E-state index is -0.504. The van der Waals surface area contributed by atoms with Crippen molar-refractivity contribution in [2.75, 3.05) is 0 Å². The Morgan fingerprint density at radius 3 is 1.79 bits per heavy atom. The largest absolute Gasteiger partial charge is 2.00 e. The minimum absolute atomic E-state index is 0. The van der Waals surface area contributed by atoms with Crippen LogP contribution in [0.1, 0.15) is 0 Å². The average Bonchev–Trinajstić information content (AvgIpc) is 3.24. The van der Waals surface area contributed by atoms with Crippen molar-refractivity contribution in [1.29, 1.82) is 0 Å². The molecular formula is C28H18FN3Ni. The van der Waals surface area contributed by atoms with Crippen molar-refractivity contribution in [3.63, 3.8) is 0 Å². The summed E-state index contributed by atoms with van der Waals surface area (Å²) in [4.78, 5) is 12.8. The van der Waals surface area contributed by atoms with Crippen molar-refractivity contribution in [3.05, 3.63) is 121 Å². The molecule has 3 heterocycles. The molecule has 0 atom stereocenters. The summed E-state index contributed by atoms with van der Waals surface area (Å²) in [5.74, 6) is -0.504. The number of benzene rings is 3. The van der Waals surface area contributed by atoms with Gasteiger partial charge in [0.25, 0.3) is 0 Å². The number of hydrogen-bond donors (Lipinski definition) is 0. The van der Waals surface area contributed by atoms with Crippen LogP contribution in [0.4, 0.5) is 4.39 Å². The summed E-state index contributed by atoms with van der Waals surface area (Å²) >= 11 is 0. The van der Waals surface area contributed by atoms with Crippen LogP contribution in [-0.4, -0.2) is 9.97 Å². The van der Waals surface area contributed by atoms with E-state index >= 15 is 0 Å². The molecule has 6 rings (SSSR count). The van der Waals surface area contributed by atoms with Crippen molar-refractivity contribution >= 4 is 21.8 Å². The summed E-state index contributed by atoms with van der Waals surface area (Å²) in [5.41, 5.74) is 5.05. The van der Waals surface area contributed by atoms with Crippen molar-refractivity contribution in [3.8, 4) is 22.6 Å². The fourth-order valence-corrected chi connectivity index (χ4v) is 3.56. The quantitative estimate of drug-likeness (QED) is 0.159. The summed E-state index contributed by atoms with van der Waals surface area (Å²) < 4.78 is 13.1. The Hall–Kier alpha value is -3.82. The molecule has 0 aliphatic heterocycles. The van der Waals surface area contributed by atoms with E-state index in [1.165, 1.54) is 16.8 Å². The number of aromatic nitrogens is 3. The Morgan fingerprint density at radius 1 is 0.576 bits per heavy atom. The molecule has 0 spiro atoms. The summed E-state index contributed by atoms with van der Waals surface area (Å²) in [7, 11) is 0. The number of nitrogens with zero attached hydrogens (tertiary/aromatic N) is 3. The molecule has 162 valence electrons. The number of pyridine rings is 2. The van der Waals surface area contributed by atoms with Crippen molar-refractivity contribution in [2.45, 2.75) is 0 Å². The van der Waals surface area contributed by atoms with Gasteiger partial charge in [0.1, 0.15) is 0 Å². The van der Waals surface area contributed by atoms with Gasteiger partial charge in [-0.05, 0) is 34.7 Å². The SMILES string of the molecule is Fc1cccc(-c2cccc(-c3[c-]cccc3)n2)n1.[Ni+2].c1ccc2c(c1)[n-]c1ccccc12. The topological polar surface area (TPSA) is 39.9 Å². The molecule has 0 bridgehead atoms. The van der Waals surface area contributed by atoms with Gasteiger partial charge in [-0.25, -0.2) is 4.98 Å². The summed E-state index contributed by atoms with van der Waals surface area (Å²) in [6, 6.07) is 37.5. The smallest absolute Gasteiger partial charge is 0.657 e. The number of fused-ring (bicyclic) bond motifs is 3. The van der Waals surface area contributed by atoms with Crippen LogP contribution in [0.5, 0.6) is 0 Å². The van der Waals surface area contributed by atoms with Crippen molar-refractivity contribution in [1.82, 2.24) is 15.0 Å². The van der Waals surface area contributed by atoms with Crippen LogP contribution >= 0.6 is 0 Å². The second kappa shape index (κ2) is 10.2. The summed E-state index contributed by atoms with van der Waals surface area (Å²) in [6.07, 6.45) is 0. The Bertz CT molecular complexity index is 1450. The third-order valence-electron chi connectivity index (χ3n) is 5.05. The van der Waals surface area contributed by atoms with Crippen LogP contribution in [0.3, 0.4) is 0 Å². The summed E-state index contributed by atoms with van der Waals surface area (Å²) in [5, 5.41) is 2.50. The first-order valence-corrected chi connectivity index (χ1v) is 10.3. The van der Waals surface area contributed by atoms with E-state index in [0.29, 0.717) is 11.4 Å². The molecule has 0 saturated heterocycles. The van der Waals surface area contributed by atoms with Crippen LogP contribution in [0.2, 0.25) is 0 Å². The molecule has 0 aliphatic rings. The third kappa shape index (κ3) is 5.00. The minimum Gasteiger partial charge on any atom is -0.657 e. The molecule has 33 heavy (non-hydrogen) atoms. The maximum atomic E-state index is 13.1. The van der Waals surface area contributed by atoms with E-state index in [9.17, 15) is 4.39 Å². The molecule has 0 unspecified atom stereocenters. The standard InChI is InChI=1S/C16H10FN2.C12H8N.Ni/c17-16-11-5-10-15(19-16)14-9-4-8-13(18-14)12-6-2-1-3-7-12;1-3-7-11-9(5-1)10-6-2-4-8-12(10)13-11;/h1-6,8-11H;1-8H;/q2*-1;+2. The Kier molecular flexibility index (Phi) is 6.92. The molecule has 0 amide bonds. The van der Waals surface area contributed by atoms with E-state index in [1.807, 2.05) is 54.6 Å². The fraction of sp³-hybridized carbons (Fsp3) is 0. The Morgan fingerprint density at radius 2 is 1.15 bits per heavy atom. The van der Waals surface area contributed by atoms with Crippen molar-refractivity contribution in [2.24, 2.45) is 0 Å². The van der Waals surface area contributed by atoms with E-state index in [-0.39, 0.29) is 16.5 Å². The Balaban J connectivity index is 0.000000162. The summed E-state index contributed by atoms with van der Waals surface area (Å²) in [6.45, 7) is 0. The first-order valence-electron chi connectivity index (χ1n) is 10.3. The van der Waals surface area contributed by atoms with Crippen LogP contribution in [0.25, 0.3) is 44.5 Å². The molecule has 0 aliphatic carbocycles. The maximum absolute atomic E-state index is 13.1. The van der Waals surface area contributed by atoms with Crippen molar-refractivity contribution < 1.29 is 20.9 Å². The zero-order chi connectivity index (χ0) is 21.8. The zero-order valence-electron chi connectivity index (χ0n) is 17.4. The number of hydrogen-bond acceptors (Lipinski definition) is 2. The molecule has 0 radical (unpaired) electrons. The number of halogens is 1. The van der Waals surface area contributed by atoms with E-state index in [0.717, 1.165) is 22.3 Å². The van der Waals surface area contributed by atoms with Gasteiger partial charge < -0.3 is 4.98 Å². The molecule has 0 fully saturated rings. The zero-order valence-corrected chi connectivity index (χ0v) is 18.4. The molecule has 3 aromatic heterocycles. The van der Waals surface area contributed by atoms with Gasteiger partial charge in [0.05, 0.1) is 11.4 Å². The normalized spacial score (nSPS) is 10.3. The molecule has 0 saturated carbocycles. The van der Waals surface area contributed by atoms with Gasteiger partial charge >= 0.3 is 16.5 Å². The third-order valence-corrected chi connectivity index (χ3v) is 5.05. The predicted octanol–water partition coefficient (Wildman–Crippen LogP) is 6.70. The first-order chi connectivity index (χ1) is 15.8. The molecule has 3 nitrogen and oxygen atoms in total. The molecule has 3 aromatic carbocycles.